The lowest BCUT2D eigenvalue weighted by molar-refractivity contribution is 0.0662. The fraction of sp³-hybridized carbons (Fsp3) is 0.0455. The SMILES string of the molecule is C/C=C/OC(=O)c1cccc([S+](c2ccccc2)c2ccccc2)c1. The third-order valence-corrected chi connectivity index (χ3v) is 5.79. The first-order valence-electron chi connectivity index (χ1n) is 8.06. The van der Waals surface area contributed by atoms with Gasteiger partial charge in [0.05, 0.1) is 22.7 Å². The molecule has 0 aromatic heterocycles. The molecule has 0 heterocycles. The number of carbonyl (C=O) groups excluding carboxylic acids is 1. The van der Waals surface area contributed by atoms with Crippen molar-refractivity contribution in [3.8, 4) is 0 Å². The predicted molar refractivity (Wildman–Crippen MR) is 102 cm³/mol. The highest BCUT2D eigenvalue weighted by Crippen LogP contribution is 2.31. The van der Waals surface area contributed by atoms with Crippen molar-refractivity contribution in [2.24, 2.45) is 0 Å². The van der Waals surface area contributed by atoms with Gasteiger partial charge < -0.3 is 4.74 Å². The summed E-state index contributed by atoms with van der Waals surface area (Å²) >= 11 is 0. The molecule has 0 radical (unpaired) electrons. The molecule has 0 saturated heterocycles. The molecule has 3 rings (SSSR count). The van der Waals surface area contributed by atoms with Crippen LogP contribution < -0.4 is 0 Å². The zero-order chi connectivity index (χ0) is 17.5. The van der Waals surface area contributed by atoms with Crippen LogP contribution in [0.1, 0.15) is 17.3 Å². The average molecular weight is 347 g/mol. The largest absolute Gasteiger partial charge is 0.431 e. The molecule has 0 unspecified atom stereocenters. The van der Waals surface area contributed by atoms with Crippen LogP contribution in [0.4, 0.5) is 0 Å². The van der Waals surface area contributed by atoms with Crippen molar-refractivity contribution in [3.63, 3.8) is 0 Å². The van der Waals surface area contributed by atoms with Gasteiger partial charge in [-0.1, -0.05) is 48.5 Å². The highest BCUT2D eigenvalue weighted by molar-refractivity contribution is 7.97. The third kappa shape index (κ3) is 4.20. The Balaban J connectivity index is 2.04. The van der Waals surface area contributed by atoms with E-state index in [1.165, 1.54) is 16.1 Å². The second-order valence-electron chi connectivity index (χ2n) is 5.33. The molecule has 0 aliphatic carbocycles. The zero-order valence-corrected chi connectivity index (χ0v) is 14.8. The van der Waals surface area contributed by atoms with Gasteiger partial charge in [0.15, 0.2) is 14.7 Å². The van der Waals surface area contributed by atoms with Crippen molar-refractivity contribution in [3.05, 3.63) is 103 Å². The van der Waals surface area contributed by atoms with Crippen molar-refractivity contribution in [1.82, 2.24) is 0 Å². The Hall–Kier alpha value is -2.78. The number of carbonyl (C=O) groups is 1. The molecule has 124 valence electrons. The van der Waals surface area contributed by atoms with Gasteiger partial charge in [0.25, 0.3) is 0 Å². The lowest BCUT2D eigenvalue weighted by Gasteiger charge is -2.08. The van der Waals surface area contributed by atoms with Gasteiger partial charge in [0.1, 0.15) is 0 Å². The minimum atomic E-state index is -0.343. The number of rotatable bonds is 5. The first kappa shape index (κ1) is 17.1. The first-order valence-corrected chi connectivity index (χ1v) is 9.28. The standard InChI is InChI=1S/C22H19O2S/c1-2-16-24-22(23)18-10-9-15-21(17-18)25(19-11-5-3-6-12-19)20-13-7-4-8-14-20/h2-17H,1H3/q+1/b16-2+. The molecular weight excluding hydrogens is 328 g/mol. The Kier molecular flexibility index (Phi) is 5.70. The van der Waals surface area contributed by atoms with E-state index in [2.05, 4.69) is 30.3 Å². The summed E-state index contributed by atoms with van der Waals surface area (Å²) in [6.07, 6.45) is 3.10. The molecule has 0 aliphatic rings. The smallest absolute Gasteiger partial charge is 0.343 e. The third-order valence-electron chi connectivity index (χ3n) is 3.57. The van der Waals surface area contributed by atoms with Crippen LogP contribution in [-0.2, 0) is 15.6 Å². The molecule has 25 heavy (non-hydrogen) atoms. The van der Waals surface area contributed by atoms with E-state index >= 15 is 0 Å². The number of esters is 1. The number of benzene rings is 3. The van der Waals surface area contributed by atoms with Crippen LogP contribution >= 0.6 is 0 Å². The maximum absolute atomic E-state index is 12.2. The van der Waals surface area contributed by atoms with E-state index in [1.54, 1.807) is 12.1 Å². The molecule has 3 heteroatoms. The molecule has 3 aromatic carbocycles. The fourth-order valence-electron chi connectivity index (χ4n) is 2.47. The molecule has 0 saturated carbocycles. The Morgan fingerprint density at radius 3 is 1.92 bits per heavy atom. The summed E-state index contributed by atoms with van der Waals surface area (Å²) in [5.74, 6) is -0.343. The number of hydrogen-bond donors (Lipinski definition) is 0. The van der Waals surface area contributed by atoms with Crippen molar-refractivity contribution in [2.45, 2.75) is 21.6 Å². The summed E-state index contributed by atoms with van der Waals surface area (Å²) in [7, 11) is -0.273. The summed E-state index contributed by atoms with van der Waals surface area (Å²) in [6.45, 7) is 1.81. The van der Waals surface area contributed by atoms with Crippen molar-refractivity contribution >= 4 is 16.9 Å². The van der Waals surface area contributed by atoms with E-state index in [4.69, 9.17) is 4.74 Å². The van der Waals surface area contributed by atoms with Gasteiger partial charge in [-0.05, 0) is 43.3 Å². The van der Waals surface area contributed by atoms with E-state index in [0.717, 1.165) is 4.90 Å². The quantitative estimate of drug-likeness (QED) is 0.347. The van der Waals surface area contributed by atoms with Gasteiger partial charge in [-0.3, -0.25) is 0 Å². The average Bonchev–Trinajstić information content (AvgIpc) is 2.68. The number of hydrogen-bond acceptors (Lipinski definition) is 2. The van der Waals surface area contributed by atoms with Crippen molar-refractivity contribution in [2.75, 3.05) is 0 Å². The maximum Gasteiger partial charge on any atom is 0.343 e. The summed E-state index contributed by atoms with van der Waals surface area (Å²) in [5.41, 5.74) is 0.556. The molecule has 0 aliphatic heterocycles. The molecular formula is C22H19O2S+. The van der Waals surface area contributed by atoms with Gasteiger partial charge in [-0.25, -0.2) is 4.79 Å². The van der Waals surface area contributed by atoms with Gasteiger partial charge >= 0.3 is 5.97 Å². The second kappa shape index (κ2) is 8.36. The molecule has 0 bridgehead atoms. The highest BCUT2D eigenvalue weighted by atomic mass is 32.2. The lowest BCUT2D eigenvalue weighted by Crippen LogP contribution is -2.07. The minimum Gasteiger partial charge on any atom is -0.431 e. The zero-order valence-electron chi connectivity index (χ0n) is 14.0. The molecule has 0 amide bonds. The molecule has 3 aromatic rings. The lowest BCUT2D eigenvalue weighted by atomic mass is 10.2. The van der Waals surface area contributed by atoms with E-state index in [0.29, 0.717) is 5.56 Å². The topological polar surface area (TPSA) is 26.3 Å². The minimum absolute atomic E-state index is 0.273. The van der Waals surface area contributed by atoms with E-state index in [-0.39, 0.29) is 16.9 Å². The Bertz CT molecular complexity index is 818. The molecule has 0 atom stereocenters. The van der Waals surface area contributed by atoms with Crippen LogP contribution in [0.15, 0.2) is 112 Å². The van der Waals surface area contributed by atoms with Crippen molar-refractivity contribution in [1.29, 1.82) is 0 Å². The summed E-state index contributed by atoms with van der Waals surface area (Å²) < 4.78 is 5.11. The highest BCUT2D eigenvalue weighted by Gasteiger charge is 2.29. The van der Waals surface area contributed by atoms with E-state index in [1.807, 2.05) is 55.5 Å². The fourth-order valence-corrected chi connectivity index (χ4v) is 4.60. The van der Waals surface area contributed by atoms with Gasteiger partial charge in [0, 0.05) is 6.07 Å². The Morgan fingerprint density at radius 2 is 1.36 bits per heavy atom. The molecule has 0 N–H and O–H groups in total. The van der Waals surface area contributed by atoms with Crippen LogP contribution in [0, 0.1) is 0 Å². The Morgan fingerprint density at radius 1 is 0.800 bits per heavy atom. The summed E-state index contributed by atoms with van der Waals surface area (Å²) in [6, 6.07) is 28.4. The summed E-state index contributed by atoms with van der Waals surface area (Å²) in [4.78, 5) is 15.7. The second-order valence-corrected chi connectivity index (χ2v) is 7.36. The number of ether oxygens (including phenoxy) is 1. The van der Waals surface area contributed by atoms with Crippen LogP contribution in [0.25, 0.3) is 0 Å². The molecule has 2 nitrogen and oxygen atoms in total. The molecule has 0 spiro atoms. The molecule has 0 fully saturated rings. The Labute approximate surface area is 151 Å². The predicted octanol–water partition coefficient (Wildman–Crippen LogP) is 5.47. The summed E-state index contributed by atoms with van der Waals surface area (Å²) in [5, 5.41) is 0. The van der Waals surface area contributed by atoms with Crippen LogP contribution in [0.5, 0.6) is 0 Å². The monoisotopic (exact) mass is 347 g/mol. The normalized spacial score (nSPS) is 11.0. The van der Waals surface area contributed by atoms with E-state index in [9.17, 15) is 4.79 Å². The van der Waals surface area contributed by atoms with Gasteiger partial charge in [-0.15, -0.1) is 0 Å². The van der Waals surface area contributed by atoms with Gasteiger partial charge in [-0.2, -0.15) is 0 Å². The van der Waals surface area contributed by atoms with Crippen LogP contribution in [0.3, 0.4) is 0 Å². The number of allylic oxidation sites excluding steroid dienone is 1. The van der Waals surface area contributed by atoms with E-state index < -0.39 is 0 Å². The van der Waals surface area contributed by atoms with Crippen LogP contribution in [-0.4, -0.2) is 5.97 Å². The maximum atomic E-state index is 12.2. The van der Waals surface area contributed by atoms with Gasteiger partial charge in [0.2, 0.25) is 0 Å². The van der Waals surface area contributed by atoms with Crippen molar-refractivity contribution < 1.29 is 9.53 Å². The van der Waals surface area contributed by atoms with Crippen LogP contribution in [0.2, 0.25) is 0 Å². The first-order chi connectivity index (χ1) is 12.3.